The van der Waals surface area contributed by atoms with E-state index in [4.69, 9.17) is 11.7 Å². The minimum absolute atomic E-state index is 0.226. The van der Waals surface area contributed by atoms with E-state index in [-0.39, 0.29) is 5.82 Å². The Morgan fingerprint density at radius 3 is 2.69 bits per heavy atom. The summed E-state index contributed by atoms with van der Waals surface area (Å²) in [5.41, 5.74) is 7.55. The highest BCUT2D eigenvalue weighted by molar-refractivity contribution is 7.97. The van der Waals surface area contributed by atoms with Gasteiger partial charge in [-0.1, -0.05) is 37.3 Å². The summed E-state index contributed by atoms with van der Waals surface area (Å²) in [6, 6.07) is 11.4. The maximum Gasteiger partial charge on any atom is 0.183 e. The van der Waals surface area contributed by atoms with Crippen molar-refractivity contribution in [2.75, 3.05) is 6.26 Å². The maximum absolute atomic E-state index is 14.6. The summed E-state index contributed by atoms with van der Waals surface area (Å²) >= 11 is 1.59. The number of aromatic amines is 1. The lowest BCUT2D eigenvalue weighted by Gasteiger charge is -2.09. The number of benzene rings is 2. The van der Waals surface area contributed by atoms with E-state index < -0.39 is 0 Å². The number of nitrogens with one attached hydrogen (secondary N) is 2. The molecule has 6 N–H and O–H groups in total. The number of fused-ring (bicyclic) bond motifs is 1. The molecule has 0 spiro atoms. The van der Waals surface area contributed by atoms with Crippen molar-refractivity contribution in [2.45, 2.75) is 19.1 Å². The number of rotatable bonds is 5. The van der Waals surface area contributed by atoms with E-state index in [2.05, 4.69) is 28.5 Å². The first-order chi connectivity index (χ1) is 12.6. The molecule has 0 bridgehead atoms. The van der Waals surface area contributed by atoms with Gasteiger partial charge in [-0.3, -0.25) is 0 Å². The molecule has 3 aromatic rings. The smallest absolute Gasteiger partial charge is 0.183 e. The normalized spacial score (nSPS) is 11.9. The van der Waals surface area contributed by atoms with Gasteiger partial charge in [-0.25, -0.2) is 10.2 Å². The molecule has 5 nitrogen and oxygen atoms in total. The van der Waals surface area contributed by atoms with Crippen molar-refractivity contribution >= 4 is 28.5 Å². The Balaban J connectivity index is 2.30. The topological polar surface area (TPSA) is 92.2 Å². The molecule has 26 heavy (non-hydrogen) atoms. The first-order valence-electron chi connectivity index (χ1n) is 8.30. The molecule has 0 aliphatic carbocycles. The molecule has 0 fully saturated rings. The third kappa shape index (κ3) is 3.15. The van der Waals surface area contributed by atoms with Gasteiger partial charge in [0.15, 0.2) is 5.84 Å². The predicted octanol–water partition coefficient (Wildman–Crippen LogP) is 3.48. The monoisotopic (exact) mass is 371 g/mol. The fourth-order valence-corrected chi connectivity index (χ4v) is 3.74. The molecule has 0 amide bonds. The highest BCUT2D eigenvalue weighted by Gasteiger charge is 2.19. The van der Waals surface area contributed by atoms with E-state index in [1.807, 2.05) is 30.5 Å². The first kappa shape index (κ1) is 18.3. The van der Waals surface area contributed by atoms with Crippen LogP contribution in [0.4, 0.5) is 4.39 Å². The number of aromatic nitrogens is 1. The van der Waals surface area contributed by atoms with Crippen LogP contribution in [-0.2, 0) is 12.2 Å². The van der Waals surface area contributed by atoms with Crippen LogP contribution in [0, 0.1) is 5.82 Å². The number of nitrogens with two attached hydrogens (primary N) is 2. The maximum atomic E-state index is 14.6. The molecule has 1 aromatic heterocycles. The van der Waals surface area contributed by atoms with Gasteiger partial charge in [0.05, 0.1) is 5.69 Å². The Morgan fingerprint density at radius 1 is 1.27 bits per heavy atom. The molecule has 0 aliphatic rings. The summed E-state index contributed by atoms with van der Waals surface area (Å²) < 4.78 is 14.6. The number of thioether (sulfide) groups is 1. The molecule has 0 aliphatic heterocycles. The third-order valence-corrected chi connectivity index (χ3v) is 5.04. The van der Waals surface area contributed by atoms with Gasteiger partial charge in [0.2, 0.25) is 0 Å². The van der Waals surface area contributed by atoms with Gasteiger partial charge in [0, 0.05) is 22.2 Å². The molecule has 0 atom stereocenters. The van der Waals surface area contributed by atoms with Gasteiger partial charge < -0.3 is 16.3 Å². The highest BCUT2D eigenvalue weighted by Crippen LogP contribution is 2.35. The lowest BCUT2D eigenvalue weighted by atomic mass is 9.98. The summed E-state index contributed by atoms with van der Waals surface area (Å²) in [6.07, 6.45) is 2.82. The Morgan fingerprint density at radius 2 is 2.08 bits per heavy atom. The van der Waals surface area contributed by atoms with Crippen molar-refractivity contribution in [3.8, 4) is 11.1 Å². The van der Waals surface area contributed by atoms with Crippen LogP contribution in [0.1, 0.15) is 23.7 Å². The van der Waals surface area contributed by atoms with Crippen LogP contribution in [0.3, 0.4) is 0 Å². The van der Waals surface area contributed by atoms with Crippen molar-refractivity contribution in [3.05, 3.63) is 59.0 Å². The number of hydrogen-bond acceptors (Lipinski definition) is 4. The first-order valence-corrected chi connectivity index (χ1v) is 9.70. The van der Waals surface area contributed by atoms with Crippen molar-refractivity contribution in [3.63, 3.8) is 0 Å². The number of hydrazine groups is 1. The van der Waals surface area contributed by atoms with E-state index in [0.29, 0.717) is 22.8 Å². The molecule has 1 heterocycles. The van der Waals surface area contributed by atoms with Crippen LogP contribution in [0.15, 0.2) is 41.5 Å². The Hall–Kier alpha value is -2.51. The molecule has 0 radical (unpaired) electrons. The second kappa shape index (κ2) is 7.80. The Kier molecular flexibility index (Phi) is 5.49. The Bertz CT molecular complexity index is 964. The van der Waals surface area contributed by atoms with E-state index in [1.165, 1.54) is 0 Å². The summed E-state index contributed by atoms with van der Waals surface area (Å²) in [5.74, 6) is 11.8. The average Bonchev–Trinajstić information content (AvgIpc) is 3.04. The predicted molar refractivity (Wildman–Crippen MR) is 108 cm³/mol. The Labute approximate surface area is 156 Å². The molecule has 7 heteroatoms. The average molecular weight is 371 g/mol. The summed E-state index contributed by atoms with van der Waals surface area (Å²) in [4.78, 5) is 3.36. The molecule has 3 rings (SSSR count). The van der Waals surface area contributed by atoms with Gasteiger partial charge >= 0.3 is 0 Å². The number of H-pyrrole nitrogens is 1. The number of halogens is 1. The SMILES string of the molecule is CCc1cccc2c(-c3ccc(CSC)c(F)c3)c(/C(=N/N)NN)[nH]c12. The molecule has 2 aromatic carbocycles. The van der Waals surface area contributed by atoms with Crippen LogP contribution >= 0.6 is 11.8 Å². The number of amidine groups is 1. The van der Waals surface area contributed by atoms with E-state index in [9.17, 15) is 4.39 Å². The van der Waals surface area contributed by atoms with Gasteiger partial charge in [-0.05, 0) is 35.4 Å². The van der Waals surface area contributed by atoms with Crippen LogP contribution in [0.2, 0.25) is 0 Å². The number of hydrazone groups is 1. The highest BCUT2D eigenvalue weighted by atomic mass is 32.2. The van der Waals surface area contributed by atoms with Crippen LogP contribution in [0.25, 0.3) is 22.0 Å². The van der Waals surface area contributed by atoms with Crippen molar-refractivity contribution < 1.29 is 4.39 Å². The third-order valence-electron chi connectivity index (χ3n) is 4.45. The van der Waals surface area contributed by atoms with Crippen LogP contribution in [0.5, 0.6) is 0 Å². The largest absolute Gasteiger partial charge is 0.351 e. The van der Waals surface area contributed by atoms with Gasteiger partial charge in [-0.2, -0.15) is 16.9 Å². The quantitative estimate of drug-likeness (QED) is 0.239. The standard InChI is InChI=1S/C19H22FN5S/c1-3-11-5-4-6-14-16(18(23-17(11)14)19(24-21)25-22)12-7-8-13(10-26-2)15(20)9-12/h4-9,23H,3,10,21-22H2,1-2H3,(H,24,25). The zero-order chi connectivity index (χ0) is 18.7. The second-order valence-corrected chi connectivity index (χ2v) is 6.80. The minimum Gasteiger partial charge on any atom is -0.351 e. The van der Waals surface area contributed by atoms with E-state index >= 15 is 0 Å². The number of hydrogen-bond donors (Lipinski definition) is 4. The van der Waals surface area contributed by atoms with Gasteiger partial charge in [0.1, 0.15) is 5.82 Å². The lowest BCUT2D eigenvalue weighted by molar-refractivity contribution is 0.618. The number of para-hydroxylation sites is 1. The summed E-state index contributed by atoms with van der Waals surface area (Å²) in [5, 5.41) is 4.71. The second-order valence-electron chi connectivity index (χ2n) is 5.93. The molecular formula is C19H22FN5S. The van der Waals surface area contributed by atoms with E-state index in [0.717, 1.165) is 34.0 Å². The van der Waals surface area contributed by atoms with E-state index in [1.54, 1.807) is 17.8 Å². The fourth-order valence-electron chi connectivity index (χ4n) is 3.20. The minimum atomic E-state index is -0.226. The zero-order valence-corrected chi connectivity index (χ0v) is 15.6. The van der Waals surface area contributed by atoms with Gasteiger partial charge in [-0.15, -0.1) is 0 Å². The fraction of sp³-hybridized carbons (Fsp3) is 0.211. The molecule has 0 saturated heterocycles. The van der Waals surface area contributed by atoms with Crippen molar-refractivity contribution in [2.24, 2.45) is 16.8 Å². The summed E-state index contributed by atoms with van der Waals surface area (Å²) in [6.45, 7) is 2.09. The van der Waals surface area contributed by atoms with Gasteiger partial charge in [0.25, 0.3) is 0 Å². The van der Waals surface area contributed by atoms with Crippen LogP contribution < -0.4 is 17.1 Å². The van der Waals surface area contributed by atoms with Crippen LogP contribution in [-0.4, -0.2) is 17.1 Å². The zero-order valence-electron chi connectivity index (χ0n) is 14.8. The molecule has 0 unspecified atom stereocenters. The molecule has 136 valence electrons. The number of nitrogens with zero attached hydrogens (tertiary/aromatic N) is 1. The number of aryl methyl sites for hydroxylation is 1. The summed E-state index contributed by atoms with van der Waals surface area (Å²) in [7, 11) is 0. The molecular weight excluding hydrogens is 349 g/mol. The van der Waals surface area contributed by atoms with Crippen molar-refractivity contribution in [1.82, 2.24) is 10.4 Å². The molecule has 0 saturated carbocycles. The lowest BCUT2D eigenvalue weighted by Crippen LogP contribution is -2.32. The van der Waals surface area contributed by atoms with Crippen molar-refractivity contribution in [1.29, 1.82) is 0 Å².